The number of esters is 1. The molecule has 1 amide bonds. The van der Waals surface area contributed by atoms with Gasteiger partial charge in [-0.25, -0.2) is 22.2 Å². The van der Waals surface area contributed by atoms with Gasteiger partial charge in [-0.2, -0.15) is 0 Å². The maximum atomic E-state index is 13.9. The highest BCUT2D eigenvalue weighted by atomic mass is 35.5. The standard InChI is InChI=1S/C27H24ClF2N3O5S2/c1-3-38-24(34)13-22-25(28)39-27(31-22)32-26(35)23-12-18(10-16-4-7-19(8-5-16)40(2,36)37)15-33(23)14-17-6-9-20(29)21(30)11-17/h4-9,11-12,15H,3,10,13-14H2,1-2H3,(H,31,32,35). The number of hydrogen-bond acceptors (Lipinski definition) is 7. The second-order valence-electron chi connectivity index (χ2n) is 8.88. The van der Waals surface area contributed by atoms with Crippen LogP contribution in [0.1, 0.15) is 39.8 Å². The summed E-state index contributed by atoms with van der Waals surface area (Å²) in [4.78, 5) is 29.6. The molecule has 40 heavy (non-hydrogen) atoms. The normalized spacial score (nSPS) is 11.4. The lowest BCUT2D eigenvalue weighted by atomic mass is 10.1. The van der Waals surface area contributed by atoms with Gasteiger partial charge in [-0.3, -0.25) is 14.9 Å². The third-order valence-corrected chi connectivity index (χ3v) is 8.15. The fourth-order valence-corrected chi connectivity index (χ4v) is 5.58. The van der Waals surface area contributed by atoms with E-state index >= 15 is 0 Å². The van der Waals surface area contributed by atoms with Crippen LogP contribution in [0.2, 0.25) is 4.34 Å². The molecule has 0 bridgehead atoms. The van der Waals surface area contributed by atoms with Gasteiger partial charge >= 0.3 is 5.97 Å². The Hall–Kier alpha value is -3.61. The predicted octanol–water partition coefficient (Wildman–Crippen LogP) is 5.28. The zero-order chi connectivity index (χ0) is 29.0. The molecule has 0 aliphatic heterocycles. The zero-order valence-electron chi connectivity index (χ0n) is 21.4. The molecular formula is C27H24ClF2N3O5S2. The summed E-state index contributed by atoms with van der Waals surface area (Å²) in [6.45, 7) is 1.96. The molecule has 210 valence electrons. The average molecular weight is 608 g/mol. The largest absolute Gasteiger partial charge is 0.466 e. The molecule has 0 aliphatic carbocycles. The van der Waals surface area contributed by atoms with Crippen LogP contribution in [0.25, 0.3) is 0 Å². The van der Waals surface area contributed by atoms with Gasteiger partial charge in [-0.05, 0) is 60.4 Å². The van der Waals surface area contributed by atoms with E-state index in [1.54, 1.807) is 35.9 Å². The number of halogens is 3. The van der Waals surface area contributed by atoms with E-state index < -0.39 is 33.3 Å². The number of sulfone groups is 1. The van der Waals surface area contributed by atoms with Gasteiger partial charge in [0.2, 0.25) is 0 Å². The number of carbonyl (C=O) groups is 2. The van der Waals surface area contributed by atoms with Crippen molar-refractivity contribution >= 4 is 49.8 Å². The van der Waals surface area contributed by atoms with Crippen LogP contribution in [0.5, 0.6) is 0 Å². The van der Waals surface area contributed by atoms with Crippen molar-refractivity contribution in [3.63, 3.8) is 0 Å². The molecule has 0 unspecified atom stereocenters. The van der Waals surface area contributed by atoms with Gasteiger partial charge in [0.1, 0.15) is 10.0 Å². The van der Waals surface area contributed by atoms with E-state index in [0.29, 0.717) is 12.0 Å². The van der Waals surface area contributed by atoms with E-state index in [1.807, 2.05) is 0 Å². The van der Waals surface area contributed by atoms with Gasteiger partial charge in [0.05, 0.1) is 23.6 Å². The quantitative estimate of drug-likeness (QED) is 0.246. The number of aromatic nitrogens is 2. The Labute approximate surface area is 238 Å². The molecule has 0 spiro atoms. The molecule has 2 aromatic carbocycles. The SMILES string of the molecule is CCOC(=O)Cc1nc(NC(=O)c2cc(Cc3ccc(S(C)(=O)=O)cc3)cn2Cc2ccc(F)c(F)c2)sc1Cl. The molecule has 2 aromatic heterocycles. The van der Waals surface area contributed by atoms with Crippen molar-refractivity contribution in [2.24, 2.45) is 0 Å². The number of rotatable bonds is 10. The Balaban J connectivity index is 1.60. The van der Waals surface area contributed by atoms with E-state index in [4.69, 9.17) is 16.3 Å². The Morgan fingerprint density at radius 2 is 1.75 bits per heavy atom. The van der Waals surface area contributed by atoms with Crippen LogP contribution in [-0.4, -0.2) is 42.7 Å². The first-order valence-corrected chi connectivity index (χ1v) is 15.1. The molecule has 0 saturated carbocycles. The smallest absolute Gasteiger partial charge is 0.311 e. The van der Waals surface area contributed by atoms with Crippen LogP contribution in [-0.2, 0) is 38.8 Å². The average Bonchev–Trinajstić information content (AvgIpc) is 3.43. The molecule has 0 fully saturated rings. The Kier molecular flexibility index (Phi) is 9.02. The number of carbonyl (C=O) groups excluding carboxylic acids is 2. The van der Waals surface area contributed by atoms with E-state index in [0.717, 1.165) is 40.9 Å². The molecule has 13 heteroatoms. The van der Waals surface area contributed by atoms with Crippen molar-refractivity contribution < 1.29 is 31.5 Å². The Morgan fingerprint density at radius 1 is 1.05 bits per heavy atom. The minimum atomic E-state index is -3.34. The molecule has 0 saturated heterocycles. The first kappa shape index (κ1) is 29.4. The third kappa shape index (κ3) is 7.32. The summed E-state index contributed by atoms with van der Waals surface area (Å²) in [5, 5.41) is 2.86. The number of ether oxygens (including phenoxy) is 1. The molecule has 0 radical (unpaired) electrons. The summed E-state index contributed by atoms with van der Waals surface area (Å²) in [6, 6.07) is 11.5. The summed E-state index contributed by atoms with van der Waals surface area (Å²) < 4.78 is 57.6. The van der Waals surface area contributed by atoms with E-state index in [2.05, 4.69) is 10.3 Å². The third-order valence-electron chi connectivity index (χ3n) is 5.77. The number of benzene rings is 2. The van der Waals surface area contributed by atoms with Crippen LogP contribution in [0.15, 0.2) is 59.6 Å². The topological polar surface area (TPSA) is 107 Å². The van der Waals surface area contributed by atoms with Gasteiger partial charge in [-0.15, -0.1) is 0 Å². The van der Waals surface area contributed by atoms with Crippen LogP contribution >= 0.6 is 22.9 Å². The molecule has 8 nitrogen and oxygen atoms in total. The van der Waals surface area contributed by atoms with Crippen molar-refractivity contribution in [3.05, 3.63) is 98.8 Å². The predicted molar refractivity (Wildman–Crippen MR) is 148 cm³/mol. The highest BCUT2D eigenvalue weighted by Gasteiger charge is 2.20. The van der Waals surface area contributed by atoms with Gasteiger partial charge in [0, 0.05) is 19.0 Å². The van der Waals surface area contributed by atoms with Gasteiger partial charge < -0.3 is 9.30 Å². The maximum Gasteiger partial charge on any atom is 0.311 e. The van der Waals surface area contributed by atoms with Gasteiger partial charge in [0.25, 0.3) is 5.91 Å². The molecule has 4 rings (SSSR count). The number of nitrogens with zero attached hydrogens (tertiary/aromatic N) is 2. The van der Waals surface area contributed by atoms with Crippen LogP contribution in [0.3, 0.4) is 0 Å². The van der Waals surface area contributed by atoms with Gasteiger partial charge in [0.15, 0.2) is 26.6 Å². The highest BCUT2D eigenvalue weighted by molar-refractivity contribution is 7.90. The fraction of sp³-hybridized carbons (Fsp3) is 0.222. The van der Waals surface area contributed by atoms with Crippen molar-refractivity contribution in [2.45, 2.75) is 31.2 Å². The van der Waals surface area contributed by atoms with Crippen molar-refractivity contribution in [1.29, 1.82) is 0 Å². The minimum Gasteiger partial charge on any atom is -0.466 e. The summed E-state index contributed by atoms with van der Waals surface area (Å²) in [6.07, 6.45) is 3.07. The van der Waals surface area contributed by atoms with E-state index in [-0.39, 0.29) is 45.3 Å². The summed E-state index contributed by atoms with van der Waals surface area (Å²) in [7, 11) is -3.34. The zero-order valence-corrected chi connectivity index (χ0v) is 23.8. The number of hydrogen-bond donors (Lipinski definition) is 1. The van der Waals surface area contributed by atoms with Crippen LogP contribution in [0.4, 0.5) is 13.9 Å². The van der Waals surface area contributed by atoms with Gasteiger partial charge in [-0.1, -0.05) is 41.1 Å². The molecule has 0 aliphatic rings. The molecule has 0 atom stereocenters. The first-order valence-electron chi connectivity index (χ1n) is 12.0. The second-order valence-corrected chi connectivity index (χ2v) is 12.5. The highest BCUT2D eigenvalue weighted by Crippen LogP contribution is 2.29. The lowest BCUT2D eigenvalue weighted by Crippen LogP contribution is -2.17. The van der Waals surface area contributed by atoms with Crippen LogP contribution in [0, 0.1) is 11.6 Å². The lowest BCUT2D eigenvalue weighted by Gasteiger charge is -2.09. The van der Waals surface area contributed by atoms with Crippen molar-refractivity contribution in [1.82, 2.24) is 9.55 Å². The molecule has 4 aromatic rings. The number of amides is 1. The first-order chi connectivity index (χ1) is 18.9. The minimum absolute atomic E-state index is 0.0691. The Bertz CT molecular complexity index is 1670. The monoisotopic (exact) mass is 607 g/mol. The molecular weight excluding hydrogens is 584 g/mol. The van der Waals surface area contributed by atoms with Crippen LogP contribution < -0.4 is 5.32 Å². The molecule has 1 N–H and O–H groups in total. The Morgan fingerprint density at radius 3 is 2.40 bits per heavy atom. The van der Waals surface area contributed by atoms with E-state index in [1.165, 1.54) is 18.2 Å². The number of nitrogens with one attached hydrogen (secondary N) is 1. The number of anilines is 1. The fourth-order valence-electron chi connectivity index (χ4n) is 3.92. The summed E-state index contributed by atoms with van der Waals surface area (Å²) in [5.74, 6) is -3.02. The second kappa shape index (κ2) is 12.3. The lowest BCUT2D eigenvalue weighted by molar-refractivity contribution is -0.142. The number of thiazole rings is 1. The summed E-state index contributed by atoms with van der Waals surface area (Å²) in [5.41, 5.74) is 2.45. The van der Waals surface area contributed by atoms with Crippen molar-refractivity contribution in [2.75, 3.05) is 18.2 Å². The molecule has 2 heterocycles. The van der Waals surface area contributed by atoms with E-state index in [9.17, 15) is 26.8 Å². The van der Waals surface area contributed by atoms with Crippen molar-refractivity contribution in [3.8, 4) is 0 Å². The maximum absolute atomic E-state index is 13.9. The summed E-state index contributed by atoms with van der Waals surface area (Å²) >= 11 is 7.19.